The minimum Gasteiger partial charge on any atom is -0.477 e. The highest BCUT2D eigenvalue weighted by atomic mass is 16.4. The number of hydrogen-bond acceptors (Lipinski definition) is 2. The fourth-order valence-electron chi connectivity index (χ4n) is 1.50. The predicted molar refractivity (Wildman–Crippen MR) is 61.9 cm³/mol. The first-order valence-electron chi connectivity index (χ1n) is 5.36. The van der Waals surface area contributed by atoms with Crippen LogP contribution in [0, 0.1) is 12.8 Å². The molecule has 0 bridgehead atoms. The van der Waals surface area contributed by atoms with Gasteiger partial charge in [0.25, 0.3) is 5.56 Å². The van der Waals surface area contributed by atoms with E-state index in [1.54, 1.807) is 19.2 Å². The van der Waals surface area contributed by atoms with Crippen LogP contribution in [0.5, 0.6) is 0 Å². The molecule has 0 radical (unpaired) electrons. The van der Waals surface area contributed by atoms with Crippen LogP contribution in [0.2, 0.25) is 0 Å². The molecule has 1 aromatic heterocycles. The van der Waals surface area contributed by atoms with E-state index < -0.39 is 11.5 Å². The molecule has 1 aromatic rings. The molecule has 1 N–H and O–H groups in total. The van der Waals surface area contributed by atoms with Crippen molar-refractivity contribution < 1.29 is 9.90 Å². The van der Waals surface area contributed by atoms with Gasteiger partial charge < -0.3 is 9.67 Å². The Balaban J connectivity index is 3.09. The van der Waals surface area contributed by atoms with Crippen LogP contribution in [-0.2, 0) is 6.54 Å². The number of nitrogens with zero attached hydrogens (tertiary/aromatic N) is 1. The standard InChI is InChI=1S/C12H17NO3/c1-8(2)4-6-13-7-5-9(3)10(11(13)14)12(15)16/h5,7-8H,4,6H2,1-3H3,(H,15,16). The van der Waals surface area contributed by atoms with Gasteiger partial charge in [0.2, 0.25) is 0 Å². The number of rotatable bonds is 4. The minimum atomic E-state index is -1.15. The van der Waals surface area contributed by atoms with Gasteiger partial charge in [-0.25, -0.2) is 4.79 Å². The lowest BCUT2D eigenvalue weighted by atomic mass is 10.1. The maximum Gasteiger partial charge on any atom is 0.341 e. The first-order chi connectivity index (χ1) is 7.43. The largest absolute Gasteiger partial charge is 0.477 e. The zero-order valence-corrected chi connectivity index (χ0v) is 9.86. The molecule has 0 saturated heterocycles. The number of carboxylic acids is 1. The van der Waals surface area contributed by atoms with E-state index in [4.69, 9.17) is 5.11 Å². The van der Waals surface area contributed by atoms with E-state index in [-0.39, 0.29) is 5.56 Å². The van der Waals surface area contributed by atoms with Crippen molar-refractivity contribution in [2.24, 2.45) is 5.92 Å². The second-order valence-corrected chi connectivity index (χ2v) is 4.36. The van der Waals surface area contributed by atoms with E-state index in [2.05, 4.69) is 13.8 Å². The van der Waals surface area contributed by atoms with Crippen molar-refractivity contribution in [1.82, 2.24) is 4.57 Å². The van der Waals surface area contributed by atoms with Crippen molar-refractivity contribution in [2.45, 2.75) is 33.7 Å². The van der Waals surface area contributed by atoms with Gasteiger partial charge in [-0.05, 0) is 30.9 Å². The molecule has 16 heavy (non-hydrogen) atoms. The molecule has 0 aliphatic heterocycles. The average Bonchev–Trinajstić information content (AvgIpc) is 2.15. The second kappa shape index (κ2) is 4.96. The summed E-state index contributed by atoms with van der Waals surface area (Å²) in [5, 5.41) is 8.94. The van der Waals surface area contributed by atoms with Gasteiger partial charge in [-0.15, -0.1) is 0 Å². The highest BCUT2D eigenvalue weighted by Gasteiger charge is 2.14. The fraction of sp³-hybridized carbons (Fsp3) is 0.500. The lowest BCUT2D eigenvalue weighted by Crippen LogP contribution is -2.27. The van der Waals surface area contributed by atoms with Gasteiger partial charge >= 0.3 is 5.97 Å². The molecule has 0 amide bonds. The van der Waals surface area contributed by atoms with Crippen LogP contribution in [0.25, 0.3) is 0 Å². The number of pyridine rings is 1. The summed E-state index contributed by atoms with van der Waals surface area (Å²) in [4.78, 5) is 22.7. The van der Waals surface area contributed by atoms with Gasteiger partial charge in [0.1, 0.15) is 5.56 Å². The fourth-order valence-corrected chi connectivity index (χ4v) is 1.50. The summed E-state index contributed by atoms with van der Waals surface area (Å²) in [6, 6.07) is 1.67. The quantitative estimate of drug-likeness (QED) is 0.848. The summed E-state index contributed by atoms with van der Waals surface area (Å²) < 4.78 is 1.47. The van der Waals surface area contributed by atoms with Gasteiger partial charge in [0, 0.05) is 12.7 Å². The highest BCUT2D eigenvalue weighted by molar-refractivity contribution is 5.88. The van der Waals surface area contributed by atoms with Crippen LogP contribution in [0.1, 0.15) is 36.2 Å². The summed E-state index contributed by atoms with van der Waals surface area (Å²) >= 11 is 0. The predicted octanol–water partition coefficient (Wildman–Crippen LogP) is 1.90. The first kappa shape index (κ1) is 12.5. The van der Waals surface area contributed by atoms with E-state index >= 15 is 0 Å². The van der Waals surface area contributed by atoms with Gasteiger partial charge in [0.15, 0.2) is 0 Å². The number of aromatic carboxylic acids is 1. The molecule has 0 saturated carbocycles. The molecule has 88 valence electrons. The molecular formula is C12H17NO3. The molecule has 4 heteroatoms. The third-order valence-electron chi connectivity index (χ3n) is 2.53. The number of hydrogen-bond donors (Lipinski definition) is 1. The Morgan fingerprint density at radius 2 is 2.12 bits per heavy atom. The lowest BCUT2D eigenvalue weighted by molar-refractivity contribution is 0.0693. The third-order valence-corrected chi connectivity index (χ3v) is 2.53. The molecule has 0 aliphatic carbocycles. The molecular weight excluding hydrogens is 206 g/mol. The highest BCUT2D eigenvalue weighted by Crippen LogP contribution is 2.05. The summed E-state index contributed by atoms with van der Waals surface area (Å²) in [6.45, 7) is 6.34. The number of aryl methyl sites for hydroxylation is 2. The molecule has 1 rings (SSSR count). The van der Waals surface area contributed by atoms with Crippen molar-refractivity contribution in [2.75, 3.05) is 0 Å². The van der Waals surface area contributed by atoms with E-state index in [0.29, 0.717) is 18.0 Å². The zero-order valence-electron chi connectivity index (χ0n) is 9.86. The Labute approximate surface area is 94.5 Å². The summed E-state index contributed by atoms with van der Waals surface area (Å²) in [5.41, 5.74) is -0.0160. The van der Waals surface area contributed by atoms with Crippen molar-refractivity contribution in [1.29, 1.82) is 0 Å². The molecule has 0 fully saturated rings. The number of aromatic nitrogens is 1. The Morgan fingerprint density at radius 3 is 2.62 bits per heavy atom. The molecule has 1 heterocycles. The zero-order chi connectivity index (χ0) is 12.3. The number of carbonyl (C=O) groups is 1. The molecule has 4 nitrogen and oxygen atoms in total. The molecule has 0 spiro atoms. The van der Waals surface area contributed by atoms with Crippen molar-refractivity contribution in [3.05, 3.63) is 33.7 Å². The summed E-state index contributed by atoms with van der Waals surface area (Å²) in [6.07, 6.45) is 2.52. The van der Waals surface area contributed by atoms with Crippen LogP contribution in [-0.4, -0.2) is 15.6 Å². The SMILES string of the molecule is Cc1ccn(CCC(C)C)c(=O)c1C(=O)O. The van der Waals surface area contributed by atoms with Gasteiger partial charge in [0.05, 0.1) is 0 Å². The van der Waals surface area contributed by atoms with Gasteiger partial charge in [-0.2, -0.15) is 0 Å². The summed E-state index contributed by atoms with van der Waals surface area (Å²) in [5.74, 6) is -0.664. The summed E-state index contributed by atoms with van der Waals surface area (Å²) in [7, 11) is 0. The van der Waals surface area contributed by atoms with E-state index in [0.717, 1.165) is 6.42 Å². The molecule has 0 unspecified atom stereocenters. The van der Waals surface area contributed by atoms with Gasteiger partial charge in [-0.3, -0.25) is 4.79 Å². The third kappa shape index (κ3) is 2.72. The van der Waals surface area contributed by atoms with E-state index in [1.165, 1.54) is 4.57 Å². The topological polar surface area (TPSA) is 59.3 Å². The van der Waals surface area contributed by atoms with Crippen LogP contribution in [0.4, 0.5) is 0 Å². The van der Waals surface area contributed by atoms with Crippen molar-refractivity contribution in [3.63, 3.8) is 0 Å². The first-order valence-corrected chi connectivity index (χ1v) is 5.36. The van der Waals surface area contributed by atoms with Crippen LogP contribution < -0.4 is 5.56 Å². The smallest absolute Gasteiger partial charge is 0.341 e. The van der Waals surface area contributed by atoms with Crippen molar-refractivity contribution in [3.8, 4) is 0 Å². The Kier molecular flexibility index (Phi) is 3.88. The number of carboxylic acid groups (broad SMARTS) is 1. The Morgan fingerprint density at radius 1 is 1.50 bits per heavy atom. The maximum absolute atomic E-state index is 11.8. The van der Waals surface area contributed by atoms with Crippen LogP contribution >= 0.6 is 0 Å². The van der Waals surface area contributed by atoms with Crippen LogP contribution in [0.3, 0.4) is 0 Å². The minimum absolute atomic E-state index is 0.119. The normalized spacial score (nSPS) is 10.8. The Bertz CT molecular complexity index is 446. The lowest BCUT2D eigenvalue weighted by Gasteiger charge is -2.09. The van der Waals surface area contributed by atoms with Crippen LogP contribution in [0.15, 0.2) is 17.1 Å². The molecule has 0 aromatic carbocycles. The monoisotopic (exact) mass is 223 g/mol. The van der Waals surface area contributed by atoms with Crippen molar-refractivity contribution >= 4 is 5.97 Å². The Hall–Kier alpha value is -1.58. The van der Waals surface area contributed by atoms with E-state index in [9.17, 15) is 9.59 Å². The molecule has 0 aliphatic rings. The van der Waals surface area contributed by atoms with Gasteiger partial charge in [-0.1, -0.05) is 13.8 Å². The second-order valence-electron chi connectivity index (χ2n) is 4.36. The molecule has 0 atom stereocenters. The average molecular weight is 223 g/mol. The van der Waals surface area contributed by atoms with E-state index in [1.807, 2.05) is 0 Å². The maximum atomic E-state index is 11.8.